The molecule has 0 spiro atoms. The fraction of sp³-hybridized carbons (Fsp3) is 0.625. The zero-order chi connectivity index (χ0) is 14.1. The van der Waals surface area contributed by atoms with Crippen molar-refractivity contribution in [2.75, 3.05) is 13.2 Å². The molecule has 0 radical (unpaired) electrons. The molecule has 3 rings (SSSR count). The van der Waals surface area contributed by atoms with Crippen LogP contribution >= 0.6 is 0 Å². The van der Waals surface area contributed by atoms with Crippen molar-refractivity contribution >= 4 is 0 Å². The van der Waals surface area contributed by atoms with Gasteiger partial charge in [0, 0.05) is 23.6 Å². The van der Waals surface area contributed by atoms with E-state index in [1.165, 1.54) is 5.56 Å². The van der Waals surface area contributed by atoms with Gasteiger partial charge < -0.3 is 19.9 Å². The lowest BCUT2D eigenvalue weighted by molar-refractivity contribution is 0.132. The van der Waals surface area contributed by atoms with E-state index in [9.17, 15) is 5.11 Å². The van der Waals surface area contributed by atoms with E-state index < -0.39 is 6.10 Å². The van der Waals surface area contributed by atoms with Crippen LogP contribution in [0.4, 0.5) is 0 Å². The van der Waals surface area contributed by atoms with Crippen LogP contribution in [0.3, 0.4) is 0 Å². The Bertz CT molecular complexity index is 483. The molecule has 1 saturated heterocycles. The van der Waals surface area contributed by atoms with Crippen LogP contribution in [0.5, 0.6) is 11.5 Å². The van der Waals surface area contributed by atoms with Gasteiger partial charge >= 0.3 is 0 Å². The van der Waals surface area contributed by atoms with E-state index in [0.717, 1.165) is 42.9 Å². The van der Waals surface area contributed by atoms with Crippen LogP contribution in [0.25, 0.3) is 0 Å². The molecular weight excluding hydrogens is 254 g/mol. The molecule has 2 aliphatic heterocycles. The Kier molecular flexibility index (Phi) is 3.85. The van der Waals surface area contributed by atoms with Crippen molar-refractivity contribution in [1.29, 1.82) is 0 Å². The number of benzene rings is 1. The van der Waals surface area contributed by atoms with Crippen LogP contribution in [0.2, 0.25) is 0 Å². The zero-order valence-corrected chi connectivity index (χ0v) is 12.2. The van der Waals surface area contributed by atoms with E-state index in [0.29, 0.717) is 6.61 Å². The van der Waals surface area contributed by atoms with Crippen molar-refractivity contribution in [3.05, 3.63) is 23.3 Å². The van der Waals surface area contributed by atoms with E-state index >= 15 is 0 Å². The van der Waals surface area contributed by atoms with Gasteiger partial charge in [-0.25, -0.2) is 0 Å². The summed E-state index contributed by atoms with van der Waals surface area (Å²) in [6.45, 7) is 5.61. The van der Waals surface area contributed by atoms with Crippen molar-refractivity contribution < 1.29 is 14.6 Å². The Balaban J connectivity index is 1.93. The minimum atomic E-state index is -0.538. The molecule has 0 saturated carbocycles. The number of aliphatic hydroxyl groups is 1. The van der Waals surface area contributed by atoms with Crippen molar-refractivity contribution in [2.24, 2.45) is 0 Å². The fourth-order valence-electron chi connectivity index (χ4n) is 3.16. The molecule has 20 heavy (non-hydrogen) atoms. The third-order valence-corrected chi connectivity index (χ3v) is 4.13. The minimum Gasteiger partial charge on any atom is -0.493 e. The summed E-state index contributed by atoms with van der Waals surface area (Å²) in [5.74, 6) is 1.69. The maximum Gasteiger partial charge on any atom is 0.125 e. The molecule has 0 bridgehead atoms. The van der Waals surface area contributed by atoms with Gasteiger partial charge in [-0.1, -0.05) is 0 Å². The van der Waals surface area contributed by atoms with Crippen molar-refractivity contribution in [1.82, 2.24) is 5.32 Å². The van der Waals surface area contributed by atoms with Gasteiger partial charge in [0.1, 0.15) is 17.6 Å². The number of hydrogen-bond donors (Lipinski definition) is 2. The van der Waals surface area contributed by atoms with Crippen LogP contribution < -0.4 is 14.8 Å². The van der Waals surface area contributed by atoms with Gasteiger partial charge in [-0.2, -0.15) is 0 Å². The topological polar surface area (TPSA) is 50.7 Å². The van der Waals surface area contributed by atoms with Gasteiger partial charge in [-0.15, -0.1) is 0 Å². The molecule has 0 aliphatic carbocycles. The molecular formula is C16H23NO3. The fourth-order valence-corrected chi connectivity index (χ4v) is 3.16. The van der Waals surface area contributed by atoms with Crippen molar-refractivity contribution in [2.45, 2.75) is 51.4 Å². The Morgan fingerprint density at radius 1 is 1.50 bits per heavy atom. The molecule has 3 unspecified atom stereocenters. The predicted octanol–water partition coefficient (Wildman–Crippen LogP) is 2.19. The van der Waals surface area contributed by atoms with Crippen LogP contribution in [-0.2, 0) is 6.42 Å². The Labute approximate surface area is 120 Å². The second kappa shape index (κ2) is 5.62. The smallest absolute Gasteiger partial charge is 0.125 e. The number of fused-ring (bicyclic) bond motifs is 1. The highest BCUT2D eigenvalue weighted by atomic mass is 16.5. The number of nitrogens with one attached hydrogen (secondary N) is 1. The number of ether oxygens (including phenoxy) is 2. The number of aliphatic hydroxyl groups excluding tert-OH is 1. The summed E-state index contributed by atoms with van der Waals surface area (Å²) in [4.78, 5) is 0. The van der Waals surface area contributed by atoms with Gasteiger partial charge in [-0.3, -0.25) is 0 Å². The Morgan fingerprint density at radius 3 is 3.05 bits per heavy atom. The molecule has 2 N–H and O–H groups in total. The predicted molar refractivity (Wildman–Crippen MR) is 77.4 cm³/mol. The molecule has 4 nitrogen and oxygen atoms in total. The monoisotopic (exact) mass is 277 g/mol. The molecule has 0 aromatic heterocycles. The lowest BCUT2D eigenvalue weighted by Crippen LogP contribution is -2.29. The Hall–Kier alpha value is -1.26. The number of rotatable bonds is 4. The lowest BCUT2D eigenvalue weighted by atomic mass is 9.97. The van der Waals surface area contributed by atoms with Crippen molar-refractivity contribution in [3.8, 4) is 11.5 Å². The van der Waals surface area contributed by atoms with Crippen molar-refractivity contribution in [3.63, 3.8) is 0 Å². The first-order valence-electron chi connectivity index (χ1n) is 7.56. The second-order valence-electron chi connectivity index (χ2n) is 5.71. The highest BCUT2D eigenvalue weighted by Crippen LogP contribution is 2.39. The number of hydrogen-bond acceptors (Lipinski definition) is 4. The first-order chi connectivity index (χ1) is 9.69. The maximum absolute atomic E-state index is 10.6. The summed E-state index contributed by atoms with van der Waals surface area (Å²) >= 11 is 0. The first kappa shape index (κ1) is 13.7. The van der Waals surface area contributed by atoms with Gasteiger partial charge in [0.15, 0.2) is 0 Å². The zero-order valence-electron chi connectivity index (χ0n) is 12.2. The minimum absolute atomic E-state index is 0.117. The van der Waals surface area contributed by atoms with Crippen LogP contribution in [0.1, 0.15) is 43.9 Å². The molecule has 4 heteroatoms. The van der Waals surface area contributed by atoms with Crippen LogP contribution in [-0.4, -0.2) is 30.4 Å². The molecule has 1 fully saturated rings. The molecule has 2 aliphatic rings. The summed E-state index contributed by atoms with van der Waals surface area (Å²) in [6, 6.07) is 4.12. The van der Waals surface area contributed by atoms with Gasteiger partial charge in [0.2, 0.25) is 0 Å². The first-order valence-corrected chi connectivity index (χ1v) is 7.56. The summed E-state index contributed by atoms with van der Waals surface area (Å²) in [5.41, 5.74) is 2.02. The largest absolute Gasteiger partial charge is 0.493 e. The molecule has 1 aromatic carbocycles. The SMILES string of the molecule is CCOc1cc2c(cc1C(O)C1CCCN1)OC(C)C2. The average molecular weight is 277 g/mol. The van der Waals surface area contributed by atoms with Crippen LogP contribution in [0.15, 0.2) is 12.1 Å². The normalized spacial score (nSPS) is 26.1. The van der Waals surface area contributed by atoms with E-state index in [-0.39, 0.29) is 12.1 Å². The Morgan fingerprint density at radius 2 is 2.35 bits per heavy atom. The summed E-state index contributed by atoms with van der Waals surface area (Å²) in [6.07, 6.45) is 2.69. The molecule has 2 heterocycles. The third kappa shape index (κ3) is 2.50. The summed E-state index contributed by atoms with van der Waals surface area (Å²) < 4.78 is 11.5. The summed E-state index contributed by atoms with van der Waals surface area (Å²) in [7, 11) is 0. The molecule has 3 atom stereocenters. The van der Waals surface area contributed by atoms with E-state index in [2.05, 4.69) is 12.2 Å². The highest BCUT2D eigenvalue weighted by Gasteiger charge is 2.29. The summed E-state index contributed by atoms with van der Waals surface area (Å²) in [5, 5.41) is 14.0. The van der Waals surface area contributed by atoms with Gasteiger partial charge in [0.25, 0.3) is 0 Å². The maximum atomic E-state index is 10.6. The highest BCUT2D eigenvalue weighted by molar-refractivity contribution is 5.50. The standard InChI is InChI=1S/C16H23NO3/c1-3-19-15-8-11-7-10(2)20-14(11)9-12(15)16(18)13-5-4-6-17-13/h8-10,13,16-18H,3-7H2,1-2H3. The molecule has 0 amide bonds. The second-order valence-corrected chi connectivity index (χ2v) is 5.71. The van der Waals surface area contributed by atoms with Gasteiger partial charge in [-0.05, 0) is 45.4 Å². The molecule has 110 valence electrons. The lowest BCUT2D eigenvalue weighted by Gasteiger charge is -2.22. The quantitative estimate of drug-likeness (QED) is 0.886. The van der Waals surface area contributed by atoms with E-state index in [1.807, 2.05) is 19.1 Å². The van der Waals surface area contributed by atoms with E-state index in [1.54, 1.807) is 0 Å². The average Bonchev–Trinajstić information content (AvgIpc) is 3.05. The van der Waals surface area contributed by atoms with Crippen LogP contribution in [0, 0.1) is 0 Å². The molecule has 1 aromatic rings. The third-order valence-electron chi connectivity index (χ3n) is 4.13. The van der Waals surface area contributed by atoms with Gasteiger partial charge in [0.05, 0.1) is 12.7 Å². The van der Waals surface area contributed by atoms with E-state index in [4.69, 9.17) is 9.47 Å².